The molecule has 2 aliphatic heterocycles. The number of carbonyl (C=O) groups excluding carboxylic acids is 2. The van der Waals surface area contributed by atoms with Gasteiger partial charge in [0.1, 0.15) is 12.4 Å². The van der Waals surface area contributed by atoms with Gasteiger partial charge in [0, 0.05) is 20.5 Å². The van der Waals surface area contributed by atoms with Crippen LogP contribution in [0.2, 0.25) is 0 Å². The van der Waals surface area contributed by atoms with Crippen LogP contribution in [0.15, 0.2) is 87.1 Å². The first-order chi connectivity index (χ1) is 20.4. The normalized spacial score (nSPS) is 29.0. The molecule has 3 aromatic carbocycles. The molecule has 2 aliphatic carbocycles. The number of thiazole rings is 1. The first kappa shape index (κ1) is 26.5. The average Bonchev–Trinajstić information content (AvgIpc) is 3.72. The van der Waals surface area contributed by atoms with E-state index in [1.807, 2.05) is 42.5 Å². The predicted octanol–water partition coefficient (Wildman–Crippen LogP) is 6.76. The highest BCUT2D eigenvalue weighted by Crippen LogP contribution is 2.68. The summed E-state index contributed by atoms with van der Waals surface area (Å²) in [6.45, 7) is 2.57. The molecule has 4 aliphatic rings. The minimum Gasteiger partial charge on any atom is -0.489 e. The molecule has 212 valence electrons. The number of thioether (sulfide) groups is 1. The molecule has 8 rings (SSSR count). The molecule has 1 N–H and O–H groups in total. The summed E-state index contributed by atoms with van der Waals surface area (Å²) in [6.07, 6.45) is 0.872. The third-order valence-corrected chi connectivity index (χ3v) is 12.7. The first-order valence-corrected chi connectivity index (χ1v) is 16.7. The molecular weight excluding hydrogens is 632 g/mol. The number of anilines is 1. The van der Waals surface area contributed by atoms with Crippen LogP contribution in [0.1, 0.15) is 33.9 Å². The second-order valence-electron chi connectivity index (χ2n) is 11.8. The van der Waals surface area contributed by atoms with Gasteiger partial charge >= 0.3 is 4.87 Å². The summed E-state index contributed by atoms with van der Waals surface area (Å²) >= 11 is 6.44. The molecule has 9 heteroatoms. The zero-order valence-corrected chi connectivity index (χ0v) is 25.9. The number of rotatable bonds is 5. The fourth-order valence-corrected chi connectivity index (χ4v) is 11.1. The van der Waals surface area contributed by atoms with Crippen LogP contribution >= 0.6 is 39.0 Å². The van der Waals surface area contributed by atoms with Crippen molar-refractivity contribution in [1.29, 1.82) is 0 Å². The zero-order chi connectivity index (χ0) is 28.7. The lowest BCUT2D eigenvalue weighted by Crippen LogP contribution is -2.42. The van der Waals surface area contributed by atoms with Crippen LogP contribution in [0, 0.1) is 36.5 Å². The van der Waals surface area contributed by atoms with Crippen molar-refractivity contribution >= 4 is 56.5 Å². The molecule has 42 heavy (non-hydrogen) atoms. The summed E-state index contributed by atoms with van der Waals surface area (Å²) in [5.41, 5.74) is 4.08. The zero-order valence-electron chi connectivity index (χ0n) is 22.7. The average molecular weight is 660 g/mol. The number of aromatic nitrogens is 1. The summed E-state index contributed by atoms with van der Waals surface area (Å²) in [5.74, 6) is 0.367. The van der Waals surface area contributed by atoms with E-state index in [2.05, 4.69) is 58.2 Å². The van der Waals surface area contributed by atoms with E-state index in [0.717, 1.165) is 37.7 Å². The lowest BCUT2D eigenvalue weighted by Gasteiger charge is -2.43. The Morgan fingerprint density at radius 3 is 2.43 bits per heavy atom. The minimum atomic E-state index is -0.315. The highest BCUT2D eigenvalue weighted by molar-refractivity contribution is 9.10. The molecule has 4 aromatic rings. The molecular formula is C33H27BrN2O4S2. The minimum absolute atomic E-state index is 0.0124. The first-order valence-electron chi connectivity index (χ1n) is 14.2. The number of amides is 2. The number of hydrogen-bond donors (Lipinski definition) is 1. The van der Waals surface area contributed by atoms with E-state index in [1.165, 1.54) is 21.8 Å². The number of carbonyl (C=O) groups is 2. The van der Waals surface area contributed by atoms with Crippen molar-refractivity contribution in [2.24, 2.45) is 29.6 Å². The lowest BCUT2D eigenvalue weighted by atomic mass is 9.68. The van der Waals surface area contributed by atoms with Gasteiger partial charge in [-0.3, -0.25) is 19.3 Å². The molecule has 0 spiro atoms. The summed E-state index contributed by atoms with van der Waals surface area (Å²) in [5, 5.41) is 1.08. The summed E-state index contributed by atoms with van der Waals surface area (Å²) in [6, 6.07) is 23.9. The van der Waals surface area contributed by atoms with Crippen LogP contribution in [-0.2, 0) is 16.2 Å². The summed E-state index contributed by atoms with van der Waals surface area (Å²) in [4.78, 5) is 45.8. The third kappa shape index (κ3) is 4.07. The Hall–Kier alpha value is -3.14. The van der Waals surface area contributed by atoms with Gasteiger partial charge < -0.3 is 9.72 Å². The molecule has 1 aromatic heterocycles. The van der Waals surface area contributed by atoms with Gasteiger partial charge in [0.2, 0.25) is 11.8 Å². The molecule has 2 amide bonds. The highest BCUT2D eigenvalue weighted by atomic mass is 79.9. The van der Waals surface area contributed by atoms with Crippen molar-refractivity contribution < 1.29 is 14.3 Å². The van der Waals surface area contributed by atoms with Crippen molar-refractivity contribution in [1.82, 2.24) is 4.98 Å². The van der Waals surface area contributed by atoms with Gasteiger partial charge in [-0.1, -0.05) is 69.2 Å². The van der Waals surface area contributed by atoms with Gasteiger partial charge in [0.25, 0.3) is 0 Å². The van der Waals surface area contributed by atoms with Crippen molar-refractivity contribution in [3.63, 3.8) is 0 Å². The van der Waals surface area contributed by atoms with Crippen LogP contribution in [0.3, 0.4) is 0 Å². The van der Waals surface area contributed by atoms with Gasteiger partial charge in [-0.2, -0.15) is 0 Å². The van der Waals surface area contributed by atoms with E-state index < -0.39 is 0 Å². The SMILES string of the molecule is Cc1cccc(COc2ccc([C@H]3c4sc(=O)[nH]c4SC4C5CC(C6C(=O)N(c7ccc(Br)cc7)C(=O)C56)C43)cc2)c1. The van der Waals surface area contributed by atoms with Gasteiger partial charge in [0.05, 0.1) is 22.5 Å². The Morgan fingerprint density at radius 2 is 1.69 bits per heavy atom. The number of aryl methyl sites for hydroxylation is 1. The van der Waals surface area contributed by atoms with Crippen molar-refractivity contribution in [3.8, 4) is 5.75 Å². The topological polar surface area (TPSA) is 79.5 Å². The standard InChI is InChI=1S/C33H27BrN2O4S2/c1-16-3-2-4-17(13-16)15-40-21-11-5-18(6-12-21)24-25-22-14-23(28(25)41-30-29(24)42-33(39)35-30)27-26(22)31(37)36(32(27)38)20-9-7-19(34)8-10-20/h2-13,22-28H,14-15H2,1H3,(H,35,39)/t22?,23?,24-,25?,26?,27?,28?/m1/s1. The number of fused-ring (bicyclic) bond motifs is 9. The van der Waals surface area contributed by atoms with E-state index in [0.29, 0.717) is 12.3 Å². The van der Waals surface area contributed by atoms with E-state index >= 15 is 0 Å². The number of benzene rings is 3. The Balaban J connectivity index is 1.11. The molecule has 6 unspecified atom stereocenters. The monoisotopic (exact) mass is 658 g/mol. The molecule has 1 saturated heterocycles. The Morgan fingerprint density at radius 1 is 0.952 bits per heavy atom. The van der Waals surface area contributed by atoms with Crippen molar-refractivity contribution in [2.45, 2.75) is 36.1 Å². The largest absolute Gasteiger partial charge is 0.489 e. The second-order valence-corrected chi connectivity index (χ2v) is 14.9. The van der Waals surface area contributed by atoms with Crippen molar-refractivity contribution in [2.75, 3.05) is 4.90 Å². The predicted molar refractivity (Wildman–Crippen MR) is 167 cm³/mol. The van der Waals surface area contributed by atoms with Crippen LogP contribution < -0.4 is 14.5 Å². The third-order valence-electron chi connectivity index (χ3n) is 9.54. The van der Waals surface area contributed by atoms with E-state index in [1.54, 1.807) is 11.8 Å². The smallest absolute Gasteiger partial charge is 0.305 e. The van der Waals surface area contributed by atoms with Gasteiger partial charge in [-0.15, -0.1) is 11.8 Å². The molecule has 7 atom stereocenters. The van der Waals surface area contributed by atoms with E-state index in [-0.39, 0.29) is 57.4 Å². The van der Waals surface area contributed by atoms with Crippen LogP contribution in [0.25, 0.3) is 0 Å². The number of halogens is 1. The van der Waals surface area contributed by atoms with Crippen LogP contribution in [0.5, 0.6) is 5.75 Å². The molecule has 2 bridgehead atoms. The second kappa shape index (κ2) is 9.96. The van der Waals surface area contributed by atoms with Gasteiger partial charge in [0.15, 0.2) is 0 Å². The number of aromatic amines is 1. The Bertz CT molecular complexity index is 1780. The summed E-state index contributed by atoms with van der Waals surface area (Å²) < 4.78 is 7.00. The summed E-state index contributed by atoms with van der Waals surface area (Å²) in [7, 11) is 0. The number of nitrogens with zero attached hydrogens (tertiary/aromatic N) is 1. The quantitative estimate of drug-likeness (QED) is 0.240. The maximum Gasteiger partial charge on any atom is 0.305 e. The maximum absolute atomic E-state index is 13.9. The number of H-pyrrole nitrogens is 1. The number of nitrogens with one attached hydrogen (secondary N) is 1. The van der Waals surface area contributed by atoms with Crippen LogP contribution in [0.4, 0.5) is 5.69 Å². The van der Waals surface area contributed by atoms with E-state index in [9.17, 15) is 14.4 Å². The van der Waals surface area contributed by atoms with Crippen LogP contribution in [-0.4, -0.2) is 22.0 Å². The fourth-order valence-electron chi connectivity index (χ4n) is 7.97. The molecule has 6 nitrogen and oxygen atoms in total. The lowest BCUT2D eigenvalue weighted by molar-refractivity contribution is -0.123. The van der Waals surface area contributed by atoms with Crippen molar-refractivity contribution in [3.05, 3.63) is 109 Å². The fraction of sp³-hybridized carbons (Fsp3) is 0.303. The molecule has 3 fully saturated rings. The highest BCUT2D eigenvalue weighted by Gasteiger charge is 2.69. The maximum atomic E-state index is 13.9. The number of hydrogen-bond acceptors (Lipinski definition) is 6. The number of ether oxygens (including phenoxy) is 1. The molecule has 0 radical (unpaired) electrons. The molecule has 3 heterocycles. The van der Waals surface area contributed by atoms with Gasteiger partial charge in [-0.05, 0) is 78.6 Å². The van der Waals surface area contributed by atoms with Gasteiger partial charge in [-0.25, -0.2) is 0 Å². The Labute approximate surface area is 259 Å². The molecule has 2 saturated carbocycles. The Kier molecular flexibility index (Phi) is 6.28. The van der Waals surface area contributed by atoms with E-state index in [4.69, 9.17) is 4.74 Å². The number of imide groups is 1.